The summed E-state index contributed by atoms with van der Waals surface area (Å²) in [6, 6.07) is 19.0. The summed E-state index contributed by atoms with van der Waals surface area (Å²) < 4.78 is 14.0. The van der Waals surface area contributed by atoms with Crippen molar-refractivity contribution >= 4 is 39.1 Å². The quantitative estimate of drug-likeness (QED) is 0.473. The van der Waals surface area contributed by atoms with E-state index in [0.29, 0.717) is 11.3 Å². The van der Waals surface area contributed by atoms with E-state index in [-0.39, 0.29) is 12.4 Å². The number of benzene rings is 3. The molecule has 3 aromatic carbocycles. The Morgan fingerprint density at radius 3 is 2.43 bits per heavy atom. The van der Waals surface area contributed by atoms with Gasteiger partial charge in [-0.3, -0.25) is 9.59 Å². The minimum Gasteiger partial charge on any atom is -0.344 e. The molecule has 0 saturated carbocycles. The van der Waals surface area contributed by atoms with Gasteiger partial charge in [0.2, 0.25) is 0 Å². The van der Waals surface area contributed by atoms with E-state index < -0.39 is 11.8 Å². The second-order valence-corrected chi connectivity index (χ2v) is 7.86. The van der Waals surface area contributed by atoms with Crippen LogP contribution in [0, 0.1) is 12.7 Å². The van der Waals surface area contributed by atoms with E-state index in [1.807, 2.05) is 31.2 Å². The zero-order chi connectivity index (χ0) is 21.1. The number of fused-ring (bicyclic) bond motifs is 1. The molecule has 0 aliphatic heterocycles. The smallest absolute Gasteiger partial charge is 0.313 e. The number of carbonyl (C=O) groups is 2. The number of hydrogen-bond acceptors (Lipinski definition) is 4. The van der Waals surface area contributed by atoms with Crippen molar-refractivity contribution in [2.75, 3.05) is 5.32 Å². The van der Waals surface area contributed by atoms with E-state index in [9.17, 15) is 14.0 Å². The van der Waals surface area contributed by atoms with Crippen LogP contribution in [0.2, 0.25) is 0 Å². The Morgan fingerprint density at radius 1 is 0.967 bits per heavy atom. The van der Waals surface area contributed by atoms with Gasteiger partial charge in [0.15, 0.2) is 0 Å². The number of rotatable bonds is 4. The lowest BCUT2D eigenvalue weighted by molar-refractivity contribution is -0.136. The van der Waals surface area contributed by atoms with Gasteiger partial charge in [0.1, 0.15) is 10.8 Å². The lowest BCUT2D eigenvalue weighted by atomic mass is 10.2. The van der Waals surface area contributed by atoms with Crippen LogP contribution in [0.1, 0.15) is 11.1 Å². The topological polar surface area (TPSA) is 71.1 Å². The van der Waals surface area contributed by atoms with Crippen molar-refractivity contribution in [2.24, 2.45) is 0 Å². The van der Waals surface area contributed by atoms with Gasteiger partial charge >= 0.3 is 11.8 Å². The van der Waals surface area contributed by atoms with E-state index in [0.717, 1.165) is 20.8 Å². The molecule has 5 nitrogen and oxygen atoms in total. The molecule has 0 bridgehead atoms. The van der Waals surface area contributed by atoms with E-state index in [2.05, 4.69) is 21.7 Å². The van der Waals surface area contributed by atoms with Crippen LogP contribution >= 0.6 is 11.3 Å². The Labute approximate surface area is 176 Å². The first-order valence-corrected chi connectivity index (χ1v) is 10.1. The minimum atomic E-state index is -0.764. The van der Waals surface area contributed by atoms with Gasteiger partial charge in [-0.25, -0.2) is 9.37 Å². The van der Waals surface area contributed by atoms with Gasteiger partial charge in [-0.1, -0.05) is 18.2 Å². The van der Waals surface area contributed by atoms with E-state index in [1.54, 1.807) is 35.6 Å². The van der Waals surface area contributed by atoms with Gasteiger partial charge < -0.3 is 10.6 Å². The van der Waals surface area contributed by atoms with E-state index in [1.165, 1.54) is 17.7 Å². The molecule has 0 aliphatic rings. The average Bonchev–Trinajstić information content (AvgIpc) is 3.16. The van der Waals surface area contributed by atoms with Gasteiger partial charge in [-0.2, -0.15) is 0 Å². The summed E-state index contributed by atoms with van der Waals surface area (Å²) in [7, 11) is 0. The van der Waals surface area contributed by atoms with Crippen LogP contribution in [0.25, 0.3) is 20.8 Å². The molecule has 1 heterocycles. The number of amides is 2. The Hall–Kier alpha value is -3.58. The fourth-order valence-corrected chi connectivity index (χ4v) is 3.97. The maximum atomic E-state index is 12.9. The molecule has 0 unspecified atom stereocenters. The number of hydrogen-bond donors (Lipinski definition) is 2. The highest BCUT2D eigenvalue weighted by Crippen LogP contribution is 2.31. The second kappa shape index (κ2) is 8.42. The van der Waals surface area contributed by atoms with Crippen LogP contribution in [0.4, 0.5) is 10.1 Å². The first-order chi connectivity index (χ1) is 14.5. The molecule has 4 aromatic rings. The molecular formula is C23H18FN3O2S. The molecule has 0 saturated heterocycles. The first-order valence-electron chi connectivity index (χ1n) is 9.29. The number of carbonyl (C=O) groups excluding carboxylic acids is 2. The first kappa shape index (κ1) is 19.7. The Bertz CT molecular complexity index is 1220. The molecule has 2 amide bonds. The van der Waals surface area contributed by atoms with Crippen molar-refractivity contribution < 1.29 is 14.0 Å². The zero-order valence-corrected chi connectivity index (χ0v) is 16.9. The van der Waals surface area contributed by atoms with E-state index in [4.69, 9.17) is 0 Å². The second-order valence-electron chi connectivity index (χ2n) is 6.83. The van der Waals surface area contributed by atoms with Crippen molar-refractivity contribution in [3.05, 3.63) is 83.7 Å². The van der Waals surface area contributed by atoms with Crippen LogP contribution in [0.5, 0.6) is 0 Å². The summed E-state index contributed by atoms with van der Waals surface area (Å²) in [6.07, 6.45) is 0. The predicted octanol–water partition coefficient (Wildman–Crippen LogP) is 4.67. The SMILES string of the molecule is Cc1ccc2nc(-c3ccc(NC(=O)C(=O)NCc4ccc(F)cc4)cc3)sc2c1. The number of halogens is 1. The Morgan fingerprint density at radius 2 is 1.70 bits per heavy atom. The number of thiazole rings is 1. The maximum absolute atomic E-state index is 12.9. The molecule has 0 aliphatic carbocycles. The van der Waals surface area contributed by atoms with Gasteiger partial charge in [-0.15, -0.1) is 11.3 Å². The molecule has 0 spiro atoms. The number of aryl methyl sites for hydroxylation is 1. The normalized spacial score (nSPS) is 10.7. The number of anilines is 1. The highest BCUT2D eigenvalue weighted by atomic mass is 32.1. The summed E-state index contributed by atoms with van der Waals surface area (Å²) in [5, 5.41) is 5.98. The van der Waals surface area contributed by atoms with Crippen LogP contribution in [-0.2, 0) is 16.1 Å². The third-order valence-corrected chi connectivity index (χ3v) is 5.57. The van der Waals surface area contributed by atoms with Crippen LogP contribution in [0.15, 0.2) is 66.7 Å². The van der Waals surface area contributed by atoms with Gasteiger partial charge in [0.25, 0.3) is 0 Å². The minimum absolute atomic E-state index is 0.141. The summed E-state index contributed by atoms with van der Waals surface area (Å²) in [4.78, 5) is 28.7. The Balaban J connectivity index is 1.37. The molecule has 0 radical (unpaired) electrons. The maximum Gasteiger partial charge on any atom is 0.313 e. The molecule has 30 heavy (non-hydrogen) atoms. The van der Waals surface area contributed by atoms with Crippen molar-refractivity contribution in [3.8, 4) is 10.6 Å². The summed E-state index contributed by atoms with van der Waals surface area (Å²) in [6.45, 7) is 2.19. The van der Waals surface area contributed by atoms with Crippen LogP contribution in [-0.4, -0.2) is 16.8 Å². The lowest BCUT2D eigenvalue weighted by Crippen LogP contribution is -2.34. The van der Waals surface area contributed by atoms with Gasteiger partial charge in [0.05, 0.1) is 10.2 Å². The van der Waals surface area contributed by atoms with E-state index >= 15 is 0 Å². The van der Waals surface area contributed by atoms with Crippen molar-refractivity contribution in [1.29, 1.82) is 0 Å². The molecule has 0 fully saturated rings. The predicted molar refractivity (Wildman–Crippen MR) is 117 cm³/mol. The largest absolute Gasteiger partial charge is 0.344 e. The molecule has 1 aromatic heterocycles. The number of nitrogens with zero attached hydrogens (tertiary/aromatic N) is 1. The van der Waals surface area contributed by atoms with Crippen molar-refractivity contribution in [2.45, 2.75) is 13.5 Å². The summed E-state index contributed by atoms with van der Waals surface area (Å²) in [5.74, 6) is -1.88. The summed E-state index contributed by atoms with van der Waals surface area (Å²) in [5.41, 5.74) is 4.29. The molecule has 150 valence electrons. The third kappa shape index (κ3) is 4.52. The fraction of sp³-hybridized carbons (Fsp3) is 0.0870. The van der Waals surface area contributed by atoms with Crippen molar-refractivity contribution in [1.82, 2.24) is 10.3 Å². The number of nitrogens with one attached hydrogen (secondary N) is 2. The monoisotopic (exact) mass is 419 g/mol. The van der Waals surface area contributed by atoms with Gasteiger partial charge in [-0.05, 0) is 66.6 Å². The standard InChI is InChI=1S/C23H18FN3O2S/c1-14-2-11-19-20(12-14)30-23(27-19)16-5-9-18(10-6-16)26-22(29)21(28)25-13-15-3-7-17(24)8-4-15/h2-12H,13H2,1H3,(H,25,28)(H,26,29). The fourth-order valence-electron chi connectivity index (χ4n) is 2.90. The lowest BCUT2D eigenvalue weighted by Gasteiger charge is -2.07. The van der Waals surface area contributed by atoms with Gasteiger partial charge in [0, 0.05) is 17.8 Å². The molecule has 7 heteroatoms. The number of aromatic nitrogens is 1. The van der Waals surface area contributed by atoms with Crippen LogP contribution in [0.3, 0.4) is 0 Å². The average molecular weight is 419 g/mol. The van der Waals surface area contributed by atoms with Crippen LogP contribution < -0.4 is 10.6 Å². The van der Waals surface area contributed by atoms with Crippen molar-refractivity contribution in [3.63, 3.8) is 0 Å². The molecule has 0 atom stereocenters. The summed E-state index contributed by atoms with van der Waals surface area (Å²) >= 11 is 1.61. The molecule has 2 N–H and O–H groups in total. The zero-order valence-electron chi connectivity index (χ0n) is 16.1. The third-order valence-electron chi connectivity index (χ3n) is 4.51. The Kier molecular flexibility index (Phi) is 5.54. The highest BCUT2D eigenvalue weighted by Gasteiger charge is 2.14. The highest BCUT2D eigenvalue weighted by molar-refractivity contribution is 7.21. The molecule has 4 rings (SSSR count). The molecular weight excluding hydrogens is 401 g/mol.